The molecule has 0 aromatic heterocycles. The van der Waals surface area contributed by atoms with E-state index >= 15 is 0 Å². The standard InChI is InChI=1S/C13H16FNO4S/c1-8(9-3-4-9)15(2)20(18,19)10-5-6-12(14)11(7-10)13(16)17/h5-9H,3-4H2,1-2H3,(H,16,17). The Labute approximate surface area is 117 Å². The molecule has 0 radical (unpaired) electrons. The van der Waals surface area contributed by atoms with Crippen molar-refractivity contribution in [3.8, 4) is 0 Å². The molecular formula is C13H16FNO4S. The lowest BCUT2D eigenvalue weighted by atomic mass is 10.2. The first kappa shape index (κ1) is 14.9. The first-order chi connectivity index (χ1) is 9.25. The number of hydrogen-bond acceptors (Lipinski definition) is 3. The first-order valence-electron chi connectivity index (χ1n) is 6.26. The maximum Gasteiger partial charge on any atom is 0.338 e. The molecule has 1 aromatic rings. The molecule has 1 aliphatic carbocycles. The average Bonchev–Trinajstić information content (AvgIpc) is 3.21. The summed E-state index contributed by atoms with van der Waals surface area (Å²) in [4.78, 5) is 10.7. The second kappa shape index (κ2) is 5.14. The van der Waals surface area contributed by atoms with Crippen molar-refractivity contribution in [2.24, 2.45) is 5.92 Å². The van der Waals surface area contributed by atoms with Gasteiger partial charge in [-0.3, -0.25) is 0 Å². The zero-order valence-corrected chi connectivity index (χ0v) is 12.0. The molecule has 1 aromatic carbocycles. The highest BCUT2D eigenvalue weighted by Gasteiger charge is 2.36. The highest BCUT2D eigenvalue weighted by atomic mass is 32.2. The van der Waals surface area contributed by atoms with E-state index in [1.54, 1.807) is 0 Å². The molecule has 20 heavy (non-hydrogen) atoms. The van der Waals surface area contributed by atoms with Crippen LogP contribution in [-0.2, 0) is 10.0 Å². The lowest BCUT2D eigenvalue weighted by Gasteiger charge is -2.24. The third kappa shape index (κ3) is 2.69. The first-order valence-corrected chi connectivity index (χ1v) is 7.70. The predicted molar refractivity (Wildman–Crippen MR) is 70.5 cm³/mol. The van der Waals surface area contributed by atoms with E-state index < -0.39 is 27.4 Å². The number of carbonyl (C=O) groups is 1. The molecule has 1 unspecified atom stereocenters. The van der Waals surface area contributed by atoms with E-state index in [9.17, 15) is 17.6 Å². The molecule has 0 aliphatic heterocycles. The number of sulfonamides is 1. The van der Waals surface area contributed by atoms with Crippen molar-refractivity contribution in [3.63, 3.8) is 0 Å². The number of rotatable bonds is 5. The van der Waals surface area contributed by atoms with E-state index in [4.69, 9.17) is 5.11 Å². The number of carboxylic acids is 1. The van der Waals surface area contributed by atoms with Gasteiger partial charge in [0.1, 0.15) is 5.82 Å². The Hall–Kier alpha value is -1.47. The Kier molecular flexibility index (Phi) is 3.84. The molecule has 0 saturated heterocycles. The summed E-state index contributed by atoms with van der Waals surface area (Å²) < 4.78 is 39.3. The van der Waals surface area contributed by atoms with Crippen LogP contribution in [0.5, 0.6) is 0 Å². The van der Waals surface area contributed by atoms with Gasteiger partial charge in [-0.2, -0.15) is 4.31 Å². The van der Waals surface area contributed by atoms with Gasteiger partial charge < -0.3 is 5.11 Å². The third-order valence-corrected chi connectivity index (χ3v) is 5.66. The summed E-state index contributed by atoms with van der Waals surface area (Å²) in [6.07, 6.45) is 1.98. The van der Waals surface area contributed by atoms with Crippen LogP contribution in [0.1, 0.15) is 30.1 Å². The third-order valence-electron chi connectivity index (χ3n) is 3.72. The quantitative estimate of drug-likeness (QED) is 0.902. The van der Waals surface area contributed by atoms with E-state index in [2.05, 4.69) is 0 Å². The molecule has 1 atom stereocenters. The Bertz CT molecular complexity index is 640. The molecule has 1 saturated carbocycles. The summed E-state index contributed by atoms with van der Waals surface area (Å²) in [6, 6.07) is 2.67. The zero-order valence-electron chi connectivity index (χ0n) is 11.2. The van der Waals surface area contributed by atoms with Crippen LogP contribution in [0.4, 0.5) is 4.39 Å². The second-order valence-corrected chi connectivity index (χ2v) is 7.04. The summed E-state index contributed by atoms with van der Waals surface area (Å²) in [5.74, 6) is -2.10. The maximum atomic E-state index is 13.3. The van der Waals surface area contributed by atoms with Crippen LogP contribution >= 0.6 is 0 Å². The SMILES string of the molecule is CC(C1CC1)N(C)S(=O)(=O)c1ccc(F)c(C(=O)O)c1. The summed E-state index contributed by atoms with van der Waals surface area (Å²) in [5.41, 5.74) is -0.640. The van der Waals surface area contributed by atoms with Gasteiger partial charge in [0.05, 0.1) is 10.5 Å². The Balaban J connectivity index is 2.38. The van der Waals surface area contributed by atoms with Crippen LogP contribution in [0, 0.1) is 11.7 Å². The molecule has 1 aliphatic rings. The number of carboxylic acid groups (broad SMARTS) is 1. The van der Waals surface area contributed by atoms with Gasteiger partial charge in [0.2, 0.25) is 10.0 Å². The highest BCUT2D eigenvalue weighted by Crippen LogP contribution is 2.36. The monoisotopic (exact) mass is 301 g/mol. The minimum atomic E-state index is -3.81. The predicted octanol–water partition coefficient (Wildman–Crippen LogP) is 1.94. The lowest BCUT2D eigenvalue weighted by Crippen LogP contribution is -2.36. The van der Waals surface area contributed by atoms with E-state index in [1.165, 1.54) is 11.4 Å². The largest absolute Gasteiger partial charge is 0.478 e. The zero-order chi connectivity index (χ0) is 15.1. The smallest absolute Gasteiger partial charge is 0.338 e. The summed E-state index contributed by atoms with van der Waals surface area (Å²) >= 11 is 0. The van der Waals surface area contributed by atoms with Crippen molar-refractivity contribution in [2.75, 3.05) is 7.05 Å². The van der Waals surface area contributed by atoms with E-state index in [-0.39, 0.29) is 10.9 Å². The number of aromatic carboxylic acids is 1. The van der Waals surface area contributed by atoms with Crippen molar-refractivity contribution in [3.05, 3.63) is 29.6 Å². The Morgan fingerprint density at radius 2 is 2.05 bits per heavy atom. The minimum Gasteiger partial charge on any atom is -0.478 e. The number of benzene rings is 1. The van der Waals surface area contributed by atoms with Crippen LogP contribution < -0.4 is 0 Å². The van der Waals surface area contributed by atoms with Crippen LogP contribution in [-0.4, -0.2) is 36.9 Å². The normalized spacial score (nSPS) is 17.2. The molecule has 7 heteroatoms. The van der Waals surface area contributed by atoms with Gasteiger partial charge in [0.25, 0.3) is 0 Å². The molecule has 0 heterocycles. The van der Waals surface area contributed by atoms with Gasteiger partial charge in [-0.1, -0.05) is 0 Å². The van der Waals surface area contributed by atoms with Crippen LogP contribution in [0.2, 0.25) is 0 Å². The topological polar surface area (TPSA) is 74.7 Å². The van der Waals surface area contributed by atoms with Gasteiger partial charge in [-0.05, 0) is 43.9 Å². The second-order valence-electron chi connectivity index (χ2n) is 5.05. The summed E-state index contributed by atoms with van der Waals surface area (Å²) in [7, 11) is -2.35. The van der Waals surface area contributed by atoms with Gasteiger partial charge in [-0.25, -0.2) is 17.6 Å². The fourth-order valence-electron chi connectivity index (χ4n) is 2.09. The lowest BCUT2D eigenvalue weighted by molar-refractivity contribution is 0.0691. The van der Waals surface area contributed by atoms with Crippen molar-refractivity contribution < 1.29 is 22.7 Å². The molecule has 1 fully saturated rings. The fraction of sp³-hybridized carbons (Fsp3) is 0.462. The van der Waals surface area contributed by atoms with Crippen molar-refractivity contribution in [1.29, 1.82) is 0 Å². The van der Waals surface area contributed by atoms with Crippen molar-refractivity contribution in [1.82, 2.24) is 4.31 Å². The van der Waals surface area contributed by atoms with E-state index in [0.29, 0.717) is 5.92 Å². The molecule has 110 valence electrons. The van der Waals surface area contributed by atoms with Crippen molar-refractivity contribution in [2.45, 2.75) is 30.7 Å². The molecule has 0 amide bonds. The van der Waals surface area contributed by atoms with Crippen LogP contribution in [0.15, 0.2) is 23.1 Å². The minimum absolute atomic E-state index is 0.154. The molecular weight excluding hydrogens is 285 g/mol. The van der Waals surface area contributed by atoms with Crippen LogP contribution in [0.3, 0.4) is 0 Å². The van der Waals surface area contributed by atoms with Gasteiger partial charge in [0, 0.05) is 13.1 Å². The number of hydrogen-bond donors (Lipinski definition) is 1. The summed E-state index contributed by atoms with van der Waals surface area (Å²) in [5, 5.41) is 8.85. The Morgan fingerprint density at radius 3 is 2.55 bits per heavy atom. The number of nitrogens with zero attached hydrogens (tertiary/aromatic N) is 1. The molecule has 0 bridgehead atoms. The fourth-order valence-corrected chi connectivity index (χ4v) is 3.54. The van der Waals surface area contributed by atoms with E-state index in [0.717, 1.165) is 31.0 Å². The molecule has 0 spiro atoms. The average molecular weight is 301 g/mol. The maximum absolute atomic E-state index is 13.3. The van der Waals surface area contributed by atoms with Crippen molar-refractivity contribution >= 4 is 16.0 Å². The molecule has 5 nitrogen and oxygen atoms in total. The highest BCUT2D eigenvalue weighted by molar-refractivity contribution is 7.89. The molecule has 2 rings (SSSR count). The molecule has 1 N–H and O–H groups in total. The Morgan fingerprint density at radius 1 is 1.45 bits per heavy atom. The van der Waals surface area contributed by atoms with E-state index in [1.807, 2.05) is 6.92 Å². The van der Waals surface area contributed by atoms with Gasteiger partial charge in [0.15, 0.2) is 0 Å². The van der Waals surface area contributed by atoms with Crippen LogP contribution in [0.25, 0.3) is 0 Å². The number of halogens is 1. The summed E-state index contributed by atoms with van der Waals surface area (Å²) in [6.45, 7) is 1.82. The van der Waals surface area contributed by atoms with Gasteiger partial charge >= 0.3 is 5.97 Å². The van der Waals surface area contributed by atoms with Gasteiger partial charge in [-0.15, -0.1) is 0 Å².